The molecule has 0 amide bonds. The Morgan fingerprint density at radius 2 is 0.947 bits per heavy atom. The van der Waals surface area contributed by atoms with E-state index in [0.717, 1.165) is 0 Å². The molecule has 2 aromatic rings. The molecule has 0 fully saturated rings. The highest BCUT2D eigenvalue weighted by molar-refractivity contribution is 5.34. The molecule has 0 saturated heterocycles. The fourth-order valence-electron chi connectivity index (χ4n) is 2.41. The summed E-state index contributed by atoms with van der Waals surface area (Å²) in [5.74, 6) is 0. The van der Waals surface area contributed by atoms with Crippen LogP contribution in [0.2, 0.25) is 0 Å². The third-order valence-electron chi connectivity index (χ3n) is 3.78. The van der Waals surface area contributed by atoms with Gasteiger partial charge in [-0.05, 0) is 61.1 Å². The fraction of sp³-hybridized carbons (Fsp3) is 0.333. The Morgan fingerprint density at radius 1 is 0.632 bits per heavy atom. The van der Waals surface area contributed by atoms with Crippen LogP contribution in [0.25, 0.3) is 0 Å². The standard InChI is InChI=1S/C18H22O/c1-13-7-5-8-14(2)17(13)11-19-12-18-15(3)9-6-10-16(18)4/h5-10H,11-12H2,1-4H3. The molecular formula is C18H22O. The zero-order chi connectivity index (χ0) is 13.8. The Morgan fingerprint density at radius 3 is 1.26 bits per heavy atom. The first-order valence-corrected chi connectivity index (χ1v) is 6.77. The molecule has 0 spiro atoms. The maximum absolute atomic E-state index is 5.93. The number of benzene rings is 2. The van der Waals surface area contributed by atoms with E-state index in [1.165, 1.54) is 33.4 Å². The van der Waals surface area contributed by atoms with Crippen LogP contribution in [0.5, 0.6) is 0 Å². The molecule has 0 unspecified atom stereocenters. The van der Waals surface area contributed by atoms with Crippen molar-refractivity contribution in [3.8, 4) is 0 Å². The Balaban J connectivity index is 2.05. The molecule has 2 rings (SSSR count). The van der Waals surface area contributed by atoms with Crippen molar-refractivity contribution in [2.24, 2.45) is 0 Å². The largest absolute Gasteiger partial charge is 0.372 e. The Labute approximate surface area is 116 Å². The highest BCUT2D eigenvalue weighted by atomic mass is 16.5. The second-order valence-corrected chi connectivity index (χ2v) is 5.23. The van der Waals surface area contributed by atoms with Crippen molar-refractivity contribution in [2.75, 3.05) is 0 Å². The Bertz CT molecular complexity index is 478. The minimum absolute atomic E-state index is 0.687. The topological polar surface area (TPSA) is 9.23 Å². The molecule has 19 heavy (non-hydrogen) atoms. The summed E-state index contributed by atoms with van der Waals surface area (Å²) in [7, 11) is 0. The van der Waals surface area contributed by atoms with Crippen LogP contribution >= 0.6 is 0 Å². The van der Waals surface area contributed by atoms with E-state index in [-0.39, 0.29) is 0 Å². The number of rotatable bonds is 4. The molecule has 0 aliphatic carbocycles. The van der Waals surface area contributed by atoms with E-state index in [0.29, 0.717) is 13.2 Å². The summed E-state index contributed by atoms with van der Waals surface area (Å²) in [6.45, 7) is 9.95. The molecule has 0 saturated carbocycles. The van der Waals surface area contributed by atoms with Crippen LogP contribution in [0, 0.1) is 27.7 Å². The molecule has 2 aromatic carbocycles. The molecule has 0 aliphatic heterocycles. The lowest BCUT2D eigenvalue weighted by Gasteiger charge is -2.13. The van der Waals surface area contributed by atoms with E-state index in [4.69, 9.17) is 4.74 Å². The highest BCUT2D eigenvalue weighted by Gasteiger charge is 2.05. The molecule has 1 nitrogen and oxygen atoms in total. The van der Waals surface area contributed by atoms with Gasteiger partial charge in [-0.25, -0.2) is 0 Å². The summed E-state index contributed by atoms with van der Waals surface area (Å²) in [5.41, 5.74) is 7.86. The van der Waals surface area contributed by atoms with E-state index in [2.05, 4.69) is 64.1 Å². The lowest BCUT2D eigenvalue weighted by Crippen LogP contribution is -2.01. The summed E-state index contributed by atoms with van der Waals surface area (Å²) in [6.07, 6.45) is 0. The van der Waals surface area contributed by atoms with Gasteiger partial charge in [0.1, 0.15) is 0 Å². The molecule has 0 N–H and O–H groups in total. The van der Waals surface area contributed by atoms with Crippen LogP contribution in [-0.2, 0) is 18.0 Å². The van der Waals surface area contributed by atoms with E-state index in [1.807, 2.05) is 0 Å². The van der Waals surface area contributed by atoms with E-state index in [9.17, 15) is 0 Å². The van der Waals surface area contributed by atoms with Gasteiger partial charge < -0.3 is 4.74 Å². The molecule has 0 aromatic heterocycles. The molecular weight excluding hydrogens is 232 g/mol. The predicted molar refractivity (Wildman–Crippen MR) is 80.3 cm³/mol. The first-order valence-electron chi connectivity index (χ1n) is 6.77. The smallest absolute Gasteiger partial charge is 0.0726 e. The highest BCUT2D eigenvalue weighted by Crippen LogP contribution is 2.18. The average molecular weight is 254 g/mol. The maximum Gasteiger partial charge on any atom is 0.0726 e. The first-order chi connectivity index (χ1) is 9.09. The summed E-state index contributed by atoms with van der Waals surface area (Å²) in [6, 6.07) is 12.8. The molecule has 0 bridgehead atoms. The SMILES string of the molecule is Cc1cccc(C)c1COCc1c(C)cccc1C. The fourth-order valence-corrected chi connectivity index (χ4v) is 2.41. The molecule has 0 heterocycles. The summed E-state index contributed by atoms with van der Waals surface area (Å²) >= 11 is 0. The van der Waals surface area contributed by atoms with Gasteiger partial charge in [0.25, 0.3) is 0 Å². The quantitative estimate of drug-likeness (QED) is 0.772. The normalized spacial score (nSPS) is 10.7. The van der Waals surface area contributed by atoms with Crippen molar-refractivity contribution in [2.45, 2.75) is 40.9 Å². The van der Waals surface area contributed by atoms with Crippen molar-refractivity contribution >= 4 is 0 Å². The van der Waals surface area contributed by atoms with Gasteiger partial charge in [-0.15, -0.1) is 0 Å². The second-order valence-electron chi connectivity index (χ2n) is 5.23. The average Bonchev–Trinajstić information content (AvgIpc) is 2.36. The zero-order valence-electron chi connectivity index (χ0n) is 12.3. The molecule has 1 heteroatoms. The van der Waals surface area contributed by atoms with Gasteiger partial charge in [0.2, 0.25) is 0 Å². The molecule has 0 radical (unpaired) electrons. The van der Waals surface area contributed by atoms with Crippen molar-refractivity contribution in [1.29, 1.82) is 0 Å². The predicted octanol–water partition coefficient (Wildman–Crippen LogP) is 4.64. The van der Waals surface area contributed by atoms with Gasteiger partial charge in [-0.2, -0.15) is 0 Å². The van der Waals surface area contributed by atoms with E-state index >= 15 is 0 Å². The number of ether oxygens (including phenoxy) is 1. The number of aryl methyl sites for hydroxylation is 4. The number of hydrogen-bond acceptors (Lipinski definition) is 1. The van der Waals surface area contributed by atoms with Gasteiger partial charge in [-0.1, -0.05) is 36.4 Å². The number of hydrogen-bond donors (Lipinski definition) is 0. The van der Waals surface area contributed by atoms with Gasteiger partial charge in [0.15, 0.2) is 0 Å². The summed E-state index contributed by atoms with van der Waals surface area (Å²) in [5, 5.41) is 0. The first kappa shape index (κ1) is 13.8. The Kier molecular flexibility index (Phi) is 4.39. The van der Waals surface area contributed by atoms with Crippen LogP contribution in [0.4, 0.5) is 0 Å². The van der Waals surface area contributed by atoms with Crippen molar-refractivity contribution < 1.29 is 4.74 Å². The second kappa shape index (κ2) is 6.03. The van der Waals surface area contributed by atoms with Crippen LogP contribution in [0.1, 0.15) is 33.4 Å². The minimum atomic E-state index is 0.687. The lowest BCUT2D eigenvalue weighted by molar-refractivity contribution is 0.105. The lowest BCUT2D eigenvalue weighted by atomic mass is 10.0. The minimum Gasteiger partial charge on any atom is -0.372 e. The van der Waals surface area contributed by atoms with Gasteiger partial charge >= 0.3 is 0 Å². The van der Waals surface area contributed by atoms with Crippen LogP contribution in [0.3, 0.4) is 0 Å². The van der Waals surface area contributed by atoms with Crippen molar-refractivity contribution in [1.82, 2.24) is 0 Å². The third kappa shape index (κ3) is 3.24. The zero-order valence-corrected chi connectivity index (χ0v) is 12.3. The summed E-state index contributed by atoms with van der Waals surface area (Å²) < 4.78 is 5.93. The van der Waals surface area contributed by atoms with Crippen molar-refractivity contribution in [3.63, 3.8) is 0 Å². The maximum atomic E-state index is 5.93. The van der Waals surface area contributed by atoms with Gasteiger partial charge in [0, 0.05) is 0 Å². The third-order valence-corrected chi connectivity index (χ3v) is 3.78. The van der Waals surface area contributed by atoms with Crippen LogP contribution < -0.4 is 0 Å². The molecule has 100 valence electrons. The van der Waals surface area contributed by atoms with Crippen LogP contribution in [0.15, 0.2) is 36.4 Å². The van der Waals surface area contributed by atoms with E-state index < -0.39 is 0 Å². The van der Waals surface area contributed by atoms with E-state index in [1.54, 1.807) is 0 Å². The monoisotopic (exact) mass is 254 g/mol. The molecule has 0 aliphatic rings. The van der Waals surface area contributed by atoms with Gasteiger partial charge in [-0.3, -0.25) is 0 Å². The Hall–Kier alpha value is -1.60. The van der Waals surface area contributed by atoms with Crippen LogP contribution in [-0.4, -0.2) is 0 Å². The summed E-state index contributed by atoms with van der Waals surface area (Å²) in [4.78, 5) is 0. The van der Waals surface area contributed by atoms with Crippen molar-refractivity contribution in [3.05, 3.63) is 69.8 Å². The molecule has 0 atom stereocenters. The van der Waals surface area contributed by atoms with Gasteiger partial charge in [0.05, 0.1) is 13.2 Å².